The van der Waals surface area contributed by atoms with Gasteiger partial charge >= 0.3 is 0 Å². The predicted molar refractivity (Wildman–Crippen MR) is 65.6 cm³/mol. The summed E-state index contributed by atoms with van der Waals surface area (Å²) < 4.78 is 10.6. The number of carbonyl (C=O) groups is 1. The van der Waals surface area contributed by atoms with Crippen LogP contribution in [0.2, 0.25) is 0 Å². The molecule has 1 amide bonds. The molecule has 0 spiro atoms. The minimum atomic E-state index is -0.0205. The zero-order valence-electron chi connectivity index (χ0n) is 11.0. The summed E-state index contributed by atoms with van der Waals surface area (Å²) in [6.07, 6.45) is 0.503. The Bertz CT molecular complexity index is 248. The molecule has 1 rings (SSSR count). The maximum absolute atomic E-state index is 12.1. The molecule has 5 heteroatoms. The van der Waals surface area contributed by atoms with E-state index >= 15 is 0 Å². The summed E-state index contributed by atoms with van der Waals surface area (Å²) in [4.78, 5) is 14.0. The van der Waals surface area contributed by atoms with E-state index in [0.717, 1.165) is 0 Å². The molecule has 100 valence electrons. The number of ether oxygens (including phenoxy) is 2. The molecule has 5 nitrogen and oxygen atoms in total. The first-order chi connectivity index (χ1) is 8.08. The predicted octanol–water partition coefficient (Wildman–Crippen LogP) is 0.234. The Balaban J connectivity index is 2.48. The van der Waals surface area contributed by atoms with E-state index in [9.17, 15) is 4.79 Å². The van der Waals surface area contributed by atoms with Crippen molar-refractivity contribution in [2.45, 2.75) is 32.4 Å². The van der Waals surface area contributed by atoms with Crippen LogP contribution in [0.3, 0.4) is 0 Å². The molecule has 2 N–H and O–H groups in total. The van der Waals surface area contributed by atoms with Crippen LogP contribution in [0, 0.1) is 5.92 Å². The average Bonchev–Trinajstić information content (AvgIpc) is 2.29. The summed E-state index contributed by atoms with van der Waals surface area (Å²) in [5, 5.41) is 0. The maximum atomic E-state index is 12.1. The summed E-state index contributed by atoms with van der Waals surface area (Å²) in [6, 6.07) is 0.139. The van der Waals surface area contributed by atoms with Crippen molar-refractivity contribution in [3.8, 4) is 0 Å². The second-order valence-corrected chi connectivity index (χ2v) is 4.85. The van der Waals surface area contributed by atoms with E-state index in [1.165, 1.54) is 0 Å². The lowest BCUT2D eigenvalue weighted by atomic mass is 10.1. The van der Waals surface area contributed by atoms with E-state index in [1.807, 2.05) is 18.7 Å². The molecular weight excluding hydrogens is 220 g/mol. The van der Waals surface area contributed by atoms with Crippen molar-refractivity contribution < 1.29 is 14.3 Å². The molecule has 0 aromatic rings. The number of hydrogen-bond donors (Lipinski definition) is 1. The summed E-state index contributed by atoms with van der Waals surface area (Å²) in [7, 11) is 1.66. The smallest absolute Gasteiger partial charge is 0.223 e. The van der Waals surface area contributed by atoms with Crippen molar-refractivity contribution in [1.82, 2.24) is 4.90 Å². The lowest BCUT2D eigenvalue weighted by Gasteiger charge is -2.38. The van der Waals surface area contributed by atoms with Crippen molar-refractivity contribution >= 4 is 5.91 Å². The minimum Gasteiger partial charge on any atom is -0.384 e. The number of amides is 1. The Morgan fingerprint density at radius 2 is 2.35 bits per heavy atom. The molecule has 0 aliphatic carbocycles. The lowest BCUT2D eigenvalue weighted by Crippen LogP contribution is -2.53. The SMILES string of the molecule is COCC(C)CC(=O)N1CC(CN)OCC1C. The number of methoxy groups -OCH3 is 1. The average molecular weight is 244 g/mol. The van der Waals surface area contributed by atoms with Crippen molar-refractivity contribution in [1.29, 1.82) is 0 Å². The molecule has 1 saturated heterocycles. The van der Waals surface area contributed by atoms with E-state index in [4.69, 9.17) is 15.2 Å². The van der Waals surface area contributed by atoms with Crippen molar-refractivity contribution in [3.63, 3.8) is 0 Å². The van der Waals surface area contributed by atoms with E-state index in [-0.39, 0.29) is 24.0 Å². The zero-order valence-corrected chi connectivity index (χ0v) is 11.0. The van der Waals surface area contributed by atoms with E-state index in [1.54, 1.807) is 7.11 Å². The second-order valence-electron chi connectivity index (χ2n) is 4.85. The fraction of sp³-hybridized carbons (Fsp3) is 0.917. The van der Waals surface area contributed by atoms with Crippen LogP contribution in [0.4, 0.5) is 0 Å². The molecule has 17 heavy (non-hydrogen) atoms. The van der Waals surface area contributed by atoms with Gasteiger partial charge in [-0.2, -0.15) is 0 Å². The van der Waals surface area contributed by atoms with Crippen LogP contribution in [0.1, 0.15) is 20.3 Å². The van der Waals surface area contributed by atoms with Crippen molar-refractivity contribution in [2.24, 2.45) is 11.7 Å². The first-order valence-corrected chi connectivity index (χ1v) is 6.18. The third-order valence-corrected chi connectivity index (χ3v) is 3.06. The molecule has 0 bridgehead atoms. The molecular formula is C12H24N2O3. The van der Waals surface area contributed by atoms with Crippen LogP contribution < -0.4 is 5.73 Å². The van der Waals surface area contributed by atoms with Crippen molar-refractivity contribution in [2.75, 3.05) is 33.4 Å². The Morgan fingerprint density at radius 1 is 1.65 bits per heavy atom. The summed E-state index contributed by atoms with van der Waals surface area (Å²) >= 11 is 0. The normalized spacial score (nSPS) is 26.9. The fourth-order valence-corrected chi connectivity index (χ4v) is 2.07. The Morgan fingerprint density at radius 3 is 2.94 bits per heavy atom. The Labute approximate surface area is 103 Å². The molecule has 1 heterocycles. The summed E-state index contributed by atoms with van der Waals surface area (Å²) in [5.41, 5.74) is 5.58. The van der Waals surface area contributed by atoms with E-state index < -0.39 is 0 Å². The maximum Gasteiger partial charge on any atom is 0.223 e. The highest BCUT2D eigenvalue weighted by Crippen LogP contribution is 2.15. The first kappa shape index (κ1) is 14.4. The number of nitrogens with zero attached hydrogens (tertiary/aromatic N) is 1. The van der Waals surface area contributed by atoms with Crippen LogP contribution >= 0.6 is 0 Å². The molecule has 1 aliphatic rings. The fourth-order valence-electron chi connectivity index (χ4n) is 2.07. The quantitative estimate of drug-likeness (QED) is 0.752. The molecule has 1 fully saturated rings. The largest absolute Gasteiger partial charge is 0.384 e. The van der Waals surface area contributed by atoms with E-state index in [0.29, 0.717) is 32.7 Å². The molecule has 3 unspecified atom stereocenters. The van der Waals surface area contributed by atoms with Gasteiger partial charge in [0.05, 0.1) is 18.8 Å². The van der Waals surface area contributed by atoms with Crippen LogP contribution in [-0.4, -0.2) is 56.4 Å². The van der Waals surface area contributed by atoms with Gasteiger partial charge in [-0.1, -0.05) is 6.92 Å². The molecule has 0 radical (unpaired) electrons. The molecule has 0 aromatic carbocycles. The minimum absolute atomic E-state index is 0.0205. The molecule has 0 saturated carbocycles. The lowest BCUT2D eigenvalue weighted by molar-refractivity contribution is -0.144. The topological polar surface area (TPSA) is 64.8 Å². The van der Waals surface area contributed by atoms with Crippen molar-refractivity contribution in [3.05, 3.63) is 0 Å². The molecule has 3 atom stereocenters. The van der Waals surface area contributed by atoms with Crippen LogP contribution in [0.25, 0.3) is 0 Å². The van der Waals surface area contributed by atoms with Gasteiger partial charge in [0.15, 0.2) is 0 Å². The molecule has 0 aromatic heterocycles. The number of nitrogens with two attached hydrogens (primary N) is 1. The van der Waals surface area contributed by atoms with Crippen LogP contribution in [0.5, 0.6) is 0 Å². The summed E-state index contributed by atoms with van der Waals surface area (Å²) in [5.74, 6) is 0.419. The van der Waals surface area contributed by atoms with Gasteiger partial charge in [-0.05, 0) is 12.8 Å². The molecule has 1 aliphatic heterocycles. The third kappa shape index (κ3) is 4.26. The zero-order chi connectivity index (χ0) is 12.8. The van der Waals surface area contributed by atoms with Gasteiger partial charge in [0.25, 0.3) is 0 Å². The van der Waals surface area contributed by atoms with Gasteiger partial charge in [0, 0.05) is 33.2 Å². The van der Waals surface area contributed by atoms with Crippen LogP contribution in [0.15, 0.2) is 0 Å². The standard InChI is InChI=1S/C12H24N2O3/c1-9(7-16-3)4-12(15)14-6-11(5-13)17-8-10(14)2/h9-11H,4-8,13H2,1-3H3. The number of carbonyl (C=O) groups excluding carboxylic acids is 1. The number of morpholine rings is 1. The number of rotatable bonds is 5. The van der Waals surface area contributed by atoms with Gasteiger partial charge in [-0.15, -0.1) is 0 Å². The Kier molecular flexibility index (Phi) is 5.88. The van der Waals surface area contributed by atoms with E-state index in [2.05, 4.69) is 0 Å². The highest BCUT2D eigenvalue weighted by atomic mass is 16.5. The first-order valence-electron chi connectivity index (χ1n) is 6.18. The monoisotopic (exact) mass is 244 g/mol. The van der Waals surface area contributed by atoms with Gasteiger partial charge in [-0.3, -0.25) is 4.79 Å². The Hall–Kier alpha value is -0.650. The van der Waals surface area contributed by atoms with Gasteiger partial charge in [-0.25, -0.2) is 0 Å². The highest BCUT2D eigenvalue weighted by molar-refractivity contribution is 5.76. The van der Waals surface area contributed by atoms with Crippen LogP contribution in [-0.2, 0) is 14.3 Å². The van der Waals surface area contributed by atoms with Gasteiger partial charge in [0.1, 0.15) is 0 Å². The van der Waals surface area contributed by atoms with Gasteiger partial charge in [0.2, 0.25) is 5.91 Å². The summed E-state index contributed by atoms with van der Waals surface area (Å²) in [6.45, 7) is 6.29. The second kappa shape index (κ2) is 6.93. The number of hydrogen-bond acceptors (Lipinski definition) is 4. The third-order valence-electron chi connectivity index (χ3n) is 3.06. The highest BCUT2D eigenvalue weighted by Gasteiger charge is 2.29. The van der Waals surface area contributed by atoms with Gasteiger partial charge < -0.3 is 20.1 Å².